The summed E-state index contributed by atoms with van der Waals surface area (Å²) in [6.07, 6.45) is 3.43. The first kappa shape index (κ1) is 16.0. The van der Waals surface area contributed by atoms with E-state index < -0.39 is 0 Å². The molecule has 0 bridgehead atoms. The Morgan fingerprint density at radius 1 is 1.29 bits per heavy atom. The molecule has 0 fully saturated rings. The average Bonchev–Trinajstić information content (AvgIpc) is 2.88. The molecule has 2 N–H and O–H groups in total. The number of fused-ring (bicyclic) bond motifs is 1. The van der Waals surface area contributed by atoms with Crippen molar-refractivity contribution in [3.05, 3.63) is 30.1 Å². The molecule has 2 aromatic rings. The second-order valence-electron chi connectivity index (χ2n) is 5.76. The van der Waals surface area contributed by atoms with E-state index in [1.54, 1.807) is 0 Å². The molecule has 0 aliphatic carbocycles. The fourth-order valence-electron chi connectivity index (χ4n) is 2.70. The van der Waals surface area contributed by atoms with Gasteiger partial charge in [-0.05, 0) is 52.0 Å². The van der Waals surface area contributed by atoms with Crippen molar-refractivity contribution >= 4 is 11.0 Å². The SMILES string of the molecule is CCCCN(C)C(C)c1nc2ccccc2n1CCCN. The molecule has 0 aliphatic rings. The number of para-hydroxylation sites is 2. The first-order chi connectivity index (χ1) is 10.2. The average molecular weight is 288 g/mol. The summed E-state index contributed by atoms with van der Waals surface area (Å²) in [6.45, 7) is 7.24. The van der Waals surface area contributed by atoms with E-state index in [0.717, 1.165) is 30.9 Å². The smallest absolute Gasteiger partial charge is 0.127 e. The number of rotatable bonds is 8. The van der Waals surface area contributed by atoms with Gasteiger partial charge in [0.15, 0.2) is 0 Å². The fraction of sp³-hybridized carbons (Fsp3) is 0.588. The predicted octanol–water partition coefficient (Wildman–Crippen LogP) is 3.18. The van der Waals surface area contributed by atoms with Crippen molar-refractivity contribution in [2.24, 2.45) is 5.73 Å². The van der Waals surface area contributed by atoms with Gasteiger partial charge in [0.1, 0.15) is 5.82 Å². The lowest BCUT2D eigenvalue weighted by Crippen LogP contribution is -2.26. The van der Waals surface area contributed by atoms with Gasteiger partial charge in [-0.25, -0.2) is 4.98 Å². The van der Waals surface area contributed by atoms with Crippen LogP contribution in [0.25, 0.3) is 11.0 Å². The van der Waals surface area contributed by atoms with Crippen LogP contribution in [0.2, 0.25) is 0 Å². The van der Waals surface area contributed by atoms with Crippen LogP contribution in [0.3, 0.4) is 0 Å². The van der Waals surface area contributed by atoms with E-state index in [1.807, 2.05) is 0 Å². The van der Waals surface area contributed by atoms with E-state index in [9.17, 15) is 0 Å². The van der Waals surface area contributed by atoms with Crippen LogP contribution in [0.15, 0.2) is 24.3 Å². The number of unbranched alkanes of at least 4 members (excludes halogenated alkanes) is 1. The summed E-state index contributed by atoms with van der Waals surface area (Å²) in [6, 6.07) is 8.70. The van der Waals surface area contributed by atoms with Crippen molar-refractivity contribution in [2.45, 2.75) is 45.7 Å². The highest BCUT2D eigenvalue weighted by Gasteiger charge is 2.19. The maximum absolute atomic E-state index is 5.70. The lowest BCUT2D eigenvalue weighted by molar-refractivity contribution is 0.243. The van der Waals surface area contributed by atoms with E-state index >= 15 is 0 Å². The maximum atomic E-state index is 5.70. The maximum Gasteiger partial charge on any atom is 0.127 e. The van der Waals surface area contributed by atoms with Crippen molar-refractivity contribution in [3.63, 3.8) is 0 Å². The Hall–Kier alpha value is -1.39. The number of aryl methyl sites for hydroxylation is 1. The molecule has 1 atom stereocenters. The lowest BCUT2D eigenvalue weighted by Gasteiger charge is -2.25. The molecule has 1 unspecified atom stereocenters. The van der Waals surface area contributed by atoms with Crippen LogP contribution in [-0.4, -0.2) is 34.6 Å². The van der Waals surface area contributed by atoms with E-state index in [2.05, 4.69) is 54.6 Å². The van der Waals surface area contributed by atoms with Crippen LogP contribution in [0.4, 0.5) is 0 Å². The van der Waals surface area contributed by atoms with Crippen LogP contribution in [0.1, 0.15) is 45.0 Å². The largest absolute Gasteiger partial charge is 0.330 e. The molecule has 4 nitrogen and oxygen atoms in total. The van der Waals surface area contributed by atoms with Gasteiger partial charge in [0.05, 0.1) is 17.1 Å². The first-order valence-corrected chi connectivity index (χ1v) is 8.04. The van der Waals surface area contributed by atoms with Crippen molar-refractivity contribution in [2.75, 3.05) is 20.1 Å². The minimum atomic E-state index is 0.321. The molecule has 0 radical (unpaired) electrons. The highest BCUT2D eigenvalue weighted by molar-refractivity contribution is 5.76. The third-order valence-corrected chi connectivity index (χ3v) is 4.17. The molecular formula is C17H28N4. The van der Waals surface area contributed by atoms with Gasteiger partial charge in [-0.2, -0.15) is 0 Å². The second-order valence-corrected chi connectivity index (χ2v) is 5.76. The Labute approximate surface area is 128 Å². The van der Waals surface area contributed by atoms with Gasteiger partial charge >= 0.3 is 0 Å². The molecule has 116 valence electrons. The number of hydrogen-bond donors (Lipinski definition) is 1. The lowest BCUT2D eigenvalue weighted by atomic mass is 10.2. The number of nitrogens with two attached hydrogens (primary N) is 1. The highest BCUT2D eigenvalue weighted by atomic mass is 15.2. The standard InChI is InChI=1S/C17H28N4/c1-4-5-12-20(3)14(2)17-19-15-9-6-7-10-16(15)21(17)13-8-11-18/h6-7,9-10,14H,4-5,8,11-13,18H2,1-3H3. The van der Waals surface area contributed by atoms with Gasteiger partial charge < -0.3 is 10.3 Å². The third kappa shape index (κ3) is 3.63. The number of benzene rings is 1. The van der Waals surface area contributed by atoms with E-state index in [-0.39, 0.29) is 0 Å². The van der Waals surface area contributed by atoms with Gasteiger partial charge in [-0.1, -0.05) is 25.5 Å². The molecule has 1 aromatic heterocycles. The zero-order valence-corrected chi connectivity index (χ0v) is 13.5. The summed E-state index contributed by atoms with van der Waals surface area (Å²) >= 11 is 0. The number of hydrogen-bond acceptors (Lipinski definition) is 3. The molecule has 0 saturated heterocycles. The Bertz CT molecular complexity index is 561. The Morgan fingerprint density at radius 2 is 2.05 bits per heavy atom. The molecule has 0 saturated carbocycles. The van der Waals surface area contributed by atoms with Crippen LogP contribution in [-0.2, 0) is 6.54 Å². The van der Waals surface area contributed by atoms with Crippen molar-refractivity contribution in [3.8, 4) is 0 Å². The third-order valence-electron chi connectivity index (χ3n) is 4.17. The Balaban J connectivity index is 2.32. The first-order valence-electron chi connectivity index (χ1n) is 8.04. The van der Waals surface area contributed by atoms with E-state index in [1.165, 1.54) is 18.4 Å². The number of imidazole rings is 1. The Kier molecular flexibility index (Phi) is 5.76. The van der Waals surface area contributed by atoms with Crippen molar-refractivity contribution < 1.29 is 0 Å². The summed E-state index contributed by atoms with van der Waals surface area (Å²) in [7, 11) is 2.19. The van der Waals surface area contributed by atoms with Crippen molar-refractivity contribution in [1.82, 2.24) is 14.5 Å². The predicted molar refractivity (Wildman–Crippen MR) is 89.4 cm³/mol. The zero-order valence-electron chi connectivity index (χ0n) is 13.5. The van der Waals surface area contributed by atoms with Gasteiger partial charge in [0, 0.05) is 6.54 Å². The minimum Gasteiger partial charge on any atom is -0.330 e. The molecular weight excluding hydrogens is 260 g/mol. The molecule has 0 aliphatic heterocycles. The normalized spacial score (nSPS) is 13.2. The molecule has 21 heavy (non-hydrogen) atoms. The summed E-state index contributed by atoms with van der Waals surface area (Å²) in [5, 5.41) is 0. The van der Waals surface area contributed by atoms with Crippen LogP contribution in [0, 0.1) is 0 Å². The summed E-state index contributed by atoms with van der Waals surface area (Å²) < 4.78 is 2.34. The fourth-order valence-corrected chi connectivity index (χ4v) is 2.70. The highest BCUT2D eigenvalue weighted by Crippen LogP contribution is 2.24. The molecule has 2 rings (SSSR count). The minimum absolute atomic E-state index is 0.321. The number of nitrogens with zero attached hydrogens (tertiary/aromatic N) is 3. The van der Waals surface area contributed by atoms with E-state index in [0.29, 0.717) is 12.6 Å². The van der Waals surface area contributed by atoms with Gasteiger partial charge in [-0.15, -0.1) is 0 Å². The molecule has 0 spiro atoms. The van der Waals surface area contributed by atoms with Gasteiger partial charge in [-0.3, -0.25) is 4.90 Å². The van der Waals surface area contributed by atoms with Crippen LogP contribution in [0.5, 0.6) is 0 Å². The molecule has 1 aromatic carbocycles. The quantitative estimate of drug-likeness (QED) is 0.811. The second kappa shape index (κ2) is 7.57. The Morgan fingerprint density at radius 3 is 2.76 bits per heavy atom. The molecule has 0 amide bonds. The topological polar surface area (TPSA) is 47.1 Å². The van der Waals surface area contributed by atoms with Crippen LogP contribution >= 0.6 is 0 Å². The van der Waals surface area contributed by atoms with Gasteiger partial charge in [0.2, 0.25) is 0 Å². The van der Waals surface area contributed by atoms with E-state index in [4.69, 9.17) is 10.7 Å². The van der Waals surface area contributed by atoms with Gasteiger partial charge in [0.25, 0.3) is 0 Å². The summed E-state index contributed by atoms with van der Waals surface area (Å²) in [5.41, 5.74) is 8.00. The van der Waals surface area contributed by atoms with Crippen LogP contribution < -0.4 is 5.73 Å². The molecule has 1 heterocycles. The summed E-state index contributed by atoms with van der Waals surface area (Å²) in [5.74, 6) is 1.16. The molecule has 4 heteroatoms. The van der Waals surface area contributed by atoms with Crippen molar-refractivity contribution in [1.29, 1.82) is 0 Å². The monoisotopic (exact) mass is 288 g/mol. The summed E-state index contributed by atoms with van der Waals surface area (Å²) in [4.78, 5) is 7.27. The zero-order chi connectivity index (χ0) is 15.2. The number of aromatic nitrogens is 2.